The number of halogens is 3. The number of ether oxygens (including phenoxy) is 1. The van der Waals surface area contributed by atoms with Gasteiger partial charge in [0, 0.05) is 18.8 Å². The highest BCUT2D eigenvalue weighted by Crippen LogP contribution is 2.31. The summed E-state index contributed by atoms with van der Waals surface area (Å²) in [5.74, 6) is -0.132. The zero-order chi connectivity index (χ0) is 19.4. The van der Waals surface area contributed by atoms with Crippen LogP contribution < -0.4 is 15.4 Å². The summed E-state index contributed by atoms with van der Waals surface area (Å²) >= 11 is 0. The molecule has 0 saturated carbocycles. The molecule has 2 amide bonds. The van der Waals surface area contributed by atoms with E-state index in [0.29, 0.717) is 5.56 Å². The van der Waals surface area contributed by atoms with Gasteiger partial charge in [0.25, 0.3) is 0 Å². The van der Waals surface area contributed by atoms with Gasteiger partial charge in [0.05, 0.1) is 6.04 Å². The highest BCUT2D eigenvalue weighted by atomic mass is 19.4. The number of aryl methyl sites for hydroxylation is 2. The maximum Gasteiger partial charge on any atom is 0.422 e. The fraction of sp³-hybridized carbons (Fsp3) is 0.368. The molecular formula is C19H20F3N3O2. The van der Waals surface area contributed by atoms with E-state index < -0.39 is 12.8 Å². The Morgan fingerprint density at radius 2 is 2.11 bits per heavy atom. The van der Waals surface area contributed by atoms with Crippen LogP contribution in [0.4, 0.5) is 18.0 Å². The Morgan fingerprint density at radius 3 is 2.89 bits per heavy atom. The normalized spacial score (nSPS) is 15.9. The van der Waals surface area contributed by atoms with Crippen LogP contribution in [0.3, 0.4) is 0 Å². The van der Waals surface area contributed by atoms with Crippen LogP contribution in [0.15, 0.2) is 36.5 Å². The van der Waals surface area contributed by atoms with E-state index >= 15 is 0 Å². The van der Waals surface area contributed by atoms with Crippen molar-refractivity contribution in [2.75, 3.05) is 6.61 Å². The lowest BCUT2D eigenvalue weighted by Gasteiger charge is -2.15. The van der Waals surface area contributed by atoms with Crippen molar-refractivity contribution in [3.8, 4) is 5.88 Å². The maximum atomic E-state index is 12.2. The van der Waals surface area contributed by atoms with Crippen LogP contribution in [0.5, 0.6) is 5.88 Å². The fourth-order valence-corrected chi connectivity index (χ4v) is 3.08. The van der Waals surface area contributed by atoms with Gasteiger partial charge in [-0.05, 0) is 42.5 Å². The lowest BCUT2D eigenvalue weighted by molar-refractivity contribution is -0.154. The quantitative estimate of drug-likeness (QED) is 0.830. The second kappa shape index (κ2) is 7.85. The van der Waals surface area contributed by atoms with E-state index in [0.717, 1.165) is 18.4 Å². The molecule has 1 aromatic carbocycles. The molecule has 1 unspecified atom stereocenters. The van der Waals surface area contributed by atoms with Crippen LogP contribution in [-0.2, 0) is 13.0 Å². The average Bonchev–Trinajstić information content (AvgIpc) is 3.00. The third kappa shape index (κ3) is 5.35. The van der Waals surface area contributed by atoms with E-state index in [1.807, 2.05) is 19.1 Å². The smallest absolute Gasteiger partial charge is 0.422 e. The highest BCUT2D eigenvalue weighted by Gasteiger charge is 2.28. The Morgan fingerprint density at radius 1 is 1.30 bits per heavy atom. The maximum absolute atomic E-state index is 12.2. The van der Waals surface area contributed by atoms with Crippen molar-refractivity contribution in [2.24, 2.45) is 0 Å². The number of carbonyl (C=O) groups is 1. The van der Waals surface area contributed by atoms with E-state index in [-0.39, 0.29) is 24.5 Å². The van der Waals surface area contributed by atoms with Gasteiger partial charge in [-0.15, -0.1) is 0 Å². The molecule has 2 N–H and O–H groups in total. The van der Waals surface area contributed by atoms with E-state index in [4.69, 9.17) is 0 Å². The Labute approximate surface area is 154 Å². The van der Waals surface area contributed by atoms with Gasteiger partial charge in [-0.3, -0.25) is 0 Å². The first-order chi connectivity index (χ1) is 12.8. The van der Waals surface area contributed by atoms with Crippen molar-refractivity contribution >= 4 is 6.03 Å². The predicted molar refractivity (Wildman–Crippen MR) is 93.4 cm³/mol. The number of nitrogens with zero attached hydrogens (tertiary/aromatic N) is 1. The zero-order valence-corrected chi connectivity index (χ0v) is 14.8. The summed E-state index contributed by atoms with van der Waals surface area (Å²) in [4.78, 5) is 15.9. The molecule has 1 aliphatic rings. The molecule has 1 aliphatic carbocycles. The fourth-order valence-electron chi connectivity index (χ4n) is 3.08. The van der Waals surface area contributed by atoms with Crippen LogP contribution in [0.25, 0.3) is 0 Å². The number of aromatic nitrogens is 1. The van der Waals surface area contributed by atoms with E-state index in [1.165, 1.54) is 23.4 Å². The minimum atomic E-state index is -4.42. The number of rotatable bonds is 5. The number of benzene rings is 1. The second-order valence-electron chi connectivity index (χ2n) is 6.53. The van der Waals surface area contributed by atoms with Crippen molar-refractivity contribution in [2.45, 2.75) is 38.5 Å². The molecule has 1 atom stereocenters. The van der Waals surface area contributed by atoms with Gasteiger partial charge in [0.15, 0.2) is 6.61 Å². The van der Waals surface area contributed by atoms with Crippen LogP contribution in [-0.4, -0.2) is 23.8 Å². The van der Waals surface area contributed by atoms with Crippen LogP contribution >= 0.6 is 0 Å². The number of pyridine rings is 1. The molecule has 2 aromatic rings. The van der Waals surface area contributed by atoms with Crippen molar-refractivity contribution in [3.05, 3.63) is 58.8 Å². The molecule has 0 radical (unpaired) electrons. The summed E-state index contributed by atoms with van der Waals surface area (Å²) in [5.41, 5.74) is 4.17. The molecule has 1 heterocycles. The van der Waals surface area contributed by atoms with Gasteiger partial charge in [-0.25, -0.2) is 9.78 Å². The predicted octanol–water partition coefficient (Wildman–Crippen LogP) is 3.82. The first-order valence-electron chi connectivity index (χ1n) is 8.58. The first kappa shape index (κ1) is 19.0. The number of fused-ring (bicyclic) bond motifs is 1. The topological polar surface area (TPSA) is 63.2 Å². The Kier molecular flexibility index (Phi) is 5.53. The third-order valence-corrected chi connectivity index (χ3v) is 4.32. The molecule has 0 spiro atoms. The molecule has 0 bridgehead atoms. The summed E-state index contributed by atoms with van der Waals surface area (Å²) in [6.45, 7) is 0.789. The number of hydrogen-bond donors (Lipinski definition) is 2. The van der Waals surface area contributed by atoms with E-state index in [1.54, 1.807) is 6.07 Å². The molecular weight excluding hydrogens is 359 g/mol. The second-order valence-corrected chi connectivity index (χ2v) is 6.53. The van der Waals surface area contributed by atoms with E-state index in [9.17, 15) is 18.0 Å². The van der Waals surface area contributed by atoms with Crippen molar-refractivity contribution in [1.29, 1.82) is 0 Å². The molecule has 0 fully saturated rings. The van der Waals surface area contributed by atoms with E-state index in [2.05, 4.69) is 26.4 Å². The molecule has 5 nitrogen and oxygen atoms in total. The van der Waals surface area contributed by atoms with Gasteiger partial charge in [-0.2, -0.15) is 13.2 Å². The Balaban J connectivity index is 1.52. The van der Waals surface area contributed by atoms with Crippen molar-refractivity contribution in [3.63, 3.8) is 0 Å². The average molecular weight is 379 g/mol. The molecule has 27 heavy (non-hydrogen) atoms. The van der Waals surface area contributed by atoms with Gasteiger partial charge >= 0.3 is 12.2 Å². The summed E-state index contributed by atoms with van der Waals surface area (Å²) in [6.07, 6.45) is -1.31. The number of hydrogen-bond acceptors (Lipinski definition) is 3. The van der Waals surface area contributed by atoms with Gasteiger partial charge in [0.1, 0.15) is 0 Å². The van der Waals surface area contributed by atoms with Crippen LogP contribution in [0.2, 0.25) is 0 Å². The monoisotopic (exact) mass is 379 g/mol. The van der Waals surface area contributed by atoms with Gasteiger partial charge < -0.3 is 15.4 Å². The molecule has 0 aliphatic heterocycles. The standard InChI is InChI=1S/C19H20F3N3O2/c1-12-2-4-15-14(8-12)3-5-16(15)25-18(26)24-10-13-6-7-23-17(9-13)27-11-19(20,21)22/h2,4,6-9,16H,3,5,10-11H2,1H3,(H2,24,25,26). The van der Waals surface area contributed by atoms with Gasteiger partial charge in [-0.1, -0.05) is 23.8 Å². The van der Waals surface area contributed by atoms with Crippen LogP contribution in [0.1, 0.15) is 34.7 Å². The summed E-state index contributed by atoms with van der Waals surface area (Å²) in [6, 6.07) is 8.81. The largest absolute Gasteiger partial charge is 0.468 e. The van der Waals surface area contributed by atoms with Crippen LogP contribution in [0, 0.1) is 6.92 Å². The molecule has 144 valence electrons. The van der Waals surface area contributed by atoms with Crippen molar-refractivity contribution < 1.29 is 22.7 Å². The minimum absolute atomic E-state index is 0.0382. The zero-order valence-electron chi connectivity index (χ0n) is 14.8. The number of amides is 2. The first-order valence-corrected chi connectivity index (χ1v) is 8.58. The Hall–Kier alpha value is -2.77. The number of nitrogens with one attached hydrogen (secondary N) is 2. The number of alkyl halides is 3. The summed E-state index contributed by atoms with van der Waals surface area (Å²) < 4.78 is 41.2. The summed E-state index contributed by atoms with van der Waals surface area (Å²) in [5, 5.41) is 5.65. The summed E-state index contributed by atoms with van der Waals surface area (Å²) in [7, 11) is 0. The minimum Gasteiger partial charge on any atom is -0.468 e. The van der Waals surface area contributed by atoms with Gasteiger partial charge in [0.2, 0.25) is 5.88 Å². The molecule has 8 heteroatoms. The molecule has 3 rings (SSSR count). The SMILES string of the molecule is Cc1ccc2c(c1)CCC2NC(=O)NCc1ccnc(OCC(F)(F)F)c1. The lowest BCUT2D eigenvalue weighted by atomic mass is 10.1. The highest BCUT2D eigenvalue weighted by molar-refractivity contribution is 5.74. The third-order valence-electron chi connectivity index (χ3n) is 4.32. The molecule has 0 saturated heterocycles. The molecule has 1 aromatic heterocycles. The van der Waals surface area contributed by atoms with Crippen molar-refractivity contribution in [1.82, 2.24) is 15.6 Å². The lowest BCUT2D eigenvalue weighted by Crippen LogP contribution is -2.36. The Bertz CT molecular complexity index is 824. The number of carbonyl (C=O) groups excluding carboxylic acids is 1. The number of urea groups is 1.